The number of rotatable bonds is 7. The van der Waals surface area contributed by atoms with Crippen molar-refractivity contribution in [2.24, 2.45) is 0 Å². The van der Waals surface area contributed by atoms with Crippen LogP contribution < -0.4 is 20.1 Å². The normalized spacial score (nSPS) is 20.9. The molecule has 3 atom stereocenters. The molecule has 2 aromatic rings. The molecular formula is C27H34ClFN4O6. The third-order valence-electron chi connectivity index (χ3n) is 6.71. The summed E-state index contributed by atoms with van der Waals surface area (Å²) in [6.07, 6.45) is -0.122. The van der Waals surface area contributed by atoms with Crippen LogP contribution in [-0.2, 0) is 16.0 Å². The summed E-state index contributed by atoms with van der Waals surface area (Å²) in [5.41, 5.74) is 0.259. The summed E-state index contributed by atoms with van der Waals surface area (Å²) in [6.45, 7) is 7.83. The van der Waals surface area contributed by atoms with E-state index in [0.29, 0.717) is 24.5 Å². The lowest BCUT2D eigenvalue weighted by Gasteiger charge is -2.33. The Hall–Kier alpha value is -3.31. The molecule has 0 radical (unpaired) electrons. The van der Waals surface area contributed by atoms with Crippen LogP contribution in [0.15, 0.2) is 18.2 Å². The minimum absolute atomic E-state index is 0.0371. The first-order valence-corrected chi connectivity index (χ1v) is 13.1. The fraction of sp³-hybridized carbons (Fsp3) is 0.519. The van der Waals surface area contributed by atoms with Crippen molar-refractivity contribution in [1.29, 1.82) is 0 Å². The van der Waals surface area contributed by atoms with Gasteiger partial charge in [-0.3, -0.25) is 4.79 Å². The molecule has 1 saturated heterocycles. The van der Waals surface area contributed by atoms with Crippen molar-refractivity contribution in [3.8, 4) is 11.5 Å². The van der Waals surface area contributed by atoms with E-state index in [0.717, 1.165) is 5.56 Å². The van der Waals surface area contributed by atoms with E-state index in [2.05, 4.69) is 15.6 Å². The first-order chi connectivity index (χ1) is 18.4. The smallest absolute Gasteiger partial charge is 0.408 e. The molecule has 10 nitrogen and oxygen atoms in total. The van der Waals surface area contributed by atoms with E-state index in [1.807, 2.05) is 0 Å². The van der Waals surface area contributed by atoms with Crippen molar-refractivity contribution in [3.63, 3.8) is 0 Å². The van der Waals surface area contributed by atoms with Crippen LogP contribution in [0.4, 0.5) is 15.0 Å². The van der Waals surface area contributed by atoms with Gasteiger partial charge in [-0.05, 0) is 46.2 Å². The number of nitrogens with one attached hydrogen (secondary N) is 2. The maximum atomic E-state index is 16.0. The highest BCUT2D eigenvalue weighted by Crippen LogP contribution is 2.42. The molecule has 1 aromatic carbocycles. The molecular weight excluding hydrogens is 531 g/mol. The third kappa shape index (κ3) is 6.14. The number of ether oxygens (including phenoxy) is 4. The number of halogens is 2. The summed E-state index contributed by atoms with van der Waals surface area (Å²) in [6, 6.07) is 3.76. The zero-order valence-electron chi connectivity index (χ0n) is 22.9. The van der Waals surface area contributed by atoms with E-state index in [1.54, 1.807) is 53.0 Å². The van der Waals surface area contributed by atoms with E-state index in [9.17, 15) is 9.59 Å². The fourth-order valence-electron chi connectivity index (χ4n) is 4.78. The molecule has 0 spiro atoms. The van der Waals surface area contributed by atoms with Gasteiger partial charge in [-0.2, -0.15) is 0 Å². The molecule has 4 rings (SSSR count). The highest BCUT2D eigenvalue weighted by Gasteiger charge is 2.41. The van der Waals surface area contributed by atoms with Crippen LogP contribution in [0.25, 0.3) is 0 Å². The Morgan fingerprint density at radius 2 is 2.00 bits per heavy atom. The van der Waals surface area contributed by atoms with Crippen molar-refractivity contribution in [2.75, 3.05) is 32.8 Å². The standard InChI is InChI=1S/C27H34ClFN4O6/c1-14-20-21(25(34)33(14)12-15-7-8-16(36-5)11-19(15)37-6)23(28)32-24(22(20)29)30-17-9-10-38-13-18(17)31-26(35)39-27(2,3)4/h7-8,11,14,17-18H,9-10,12-13H2,1-6H3,(H,30,32)(H,31,35). The van der Waals surface area contributed by atoms with Gasteiger partial charge < -0.3 is 34.5 Å². The number of carbonyl (C=O) groups is 2. The van der Waals surface area contributed by atoms with Crippen LogP contribution in [0, 0.1) is 5.82 Å². The number of fused-ring (bicyclic) bond motifs is 1. The second-order valence-electron chi connectivity index (χ2n) is 10.5. The van der Waals surface area contributed by atoms with Crippen molar-refractivity contribution < 1.29 is 32.9 Å². The lowest BCUT2D eigenvalue weighted by Crippen LogP contribution is -2.53. The average molecular weight is 565 g/mol. The fourth-order valence-corrected chi connectivity index (χ4v) is 5.05. The number of alkyl carbamates (subject to hydrolysis) is 1. The second kappa shape index (κ2) is 11.4. The Labute approximate surface area is 232 Å². The summed E-state index contributed by atoms with van der Waals surface area (Å²) < 4.78 is 37.6. The number of amides is 2. The highest BCUT2D eigenvalue weighted by molar-refractivity contribution is 6.33. The van der Waals surface area contributed by atoms with Crippen LogP contribution in [0.5, 0.6) is 11.5 Å². The number of hydrogen-bond donors (Lipinski definition) is 2. The van der Waals surface area contributed by atoms with E-state index in [1.165, 1.54) is 12.0 Å². The van der Waals surface area contributed by atoms with E-state index < -0.39 is 41.5 Å². The summed E-state index contributed by atoms with van der Waals surface area (Å²) in [5, 5.41) is 5.77. The first kappa shape index (κ1) is 28.7. The second-order valence-corrected chi connectivity index (χ2v) is 10.9. The van der Waals surface area contributed by atoms with Gasteiger partial charge in [0.25, 0.3) is 5.91 Å². The number of benzene rings is 1. The number of aromatic nitrogens is 1. The molecule has 39 heavy (non-hydrogen) atoms. The van der Waals surface area contributed by atoms with E-state index in [-0.39, 0.29) is 35.2 Å². The van der Waals surface area contributed by atoms with Gasteiger partial charge in [-0.25, -0.2) is 14.2 Å². The average Bonchev–Trinajstić information content (AvgIpc) is 3.12. The van der Waals surface area contributed by atoms with Crippen LogP contribution in [0.3, 0.4) is 0 Å². The Morgan fingerprint density at radius 1 is 1.26 bits per heavy atom. The Kier molecular flexibility index (Phi) is 8.41. The van der Waals surface area contributed by atoms with Crippen molar-refractivity contribution in [2.45, 2.75) is 64.4 Å². The number of hydrogen-bond acceptors (Lipinski definition) is 8. The molecule has 2 aliphatic heterocycles. The molecule has 3 unspecified atom stereocenters. The highest BCUT2D eigenvalue weighted by atomic mass is 35.5. The number of nitrogens with zero attached hydrogens (tertiary/aromatic N) is 2. The molecule has 12 heteroatoms. The molecule has 0 bridgehead atoms. The minimum Gasteiger partial charge on any atom is -0.497 e. The predicted molar refractivity (Wildman–Crippen MR) is 143 cm³/mol. The molecule has 1 aromatic heterocycles. The largest absolute Gasteiger partial charge is 0.497 e. The summed E-state index contributed by atoms with van der Waals surface area (Å²) in [7, 11) is 3.08. The quantitative estimate of drug-likeness (QED) is 0.465. The number of carbonyl (C=O) groups excluding carboxylic acids is 2. The van der Waals surface area contributed by atoms with Gasteiger partial charge in [-0.1, -0.05) is 11.6 Å². The topological polar surface area (TPSA) is 111 Å². The van der Waals surface area contributed by atoms with Gasteiger partial charge in [0.05, 0.1) is 51.1 Å². The lowest BCUT2D eigenvalue weighted by atomic mass is 10.0. The minimum atomic E-state index is -0.673. The van der Waals surface area contributed by atoms with Gasteiger partial charge >= 0.3 is 6.09 Å². The summed E-state index contributed by atoms with van der Waals surface area (Å²) >= 11 is 6.46. The summed E-state index contributed by atoms with van der Waals surface area (Å²) in [5.74, 6) is -0.0253. The van der Waals surface area contributed by atoms with Gasteiger partial charge in [0.15, 0.2) is 11.6 Å². The van der Waals surface area contributed by atoms with Crippen LogP contribution in [0.2, 0.25) is 5.15 Å². The number of methoxy groups -OCH3 is 2. The van der Waals surface area contributed by atoms with Crippen LogP contribution >= 0.6 is 11.6 Å². The zero-order chi connectivity index (χ0) is 28.5. The summed E-state index contributed by atoms with van der Waals surface area (Å²) in [4.78, 5) is 31.5. The monoisotopic (exact) mass is 564 g/mol. The van der Waals surface area contributed by atoms with Crippen LogP contribution in [-0.4, -0.2) is 67.0 Å². The van der Waals surface area contributed by atoms with Gasteiger partial charge in [0, 0.05) is 23.8 Å². The molecule has 3 heterocycles. The van der Waals surface area contributed by atoms with Crippen molar-refractivity contribution in [1.82, 2.24) is 15.2 Å². The van der Waals surface area contributed by atoms with Gasteiger partial charge in [0.1, 0.15) is 22.3 Å². The van der Waals surface area contributed by atoms with Gasteiger partial charge in [-0.15, -0.1) is 0 Å². The number of anilines is 1. The Bertz CT molecular complexity index is 1250. The SMILES string of the molecule is COc1ccc(CN2C(=O)c3c(Cl)nc(NC4CCOCC4NC(=O)OC(C)(C)C)c(F)c3C2C)c(OC)c1. The van der Waals surface area contributed by atoms with E-state index in [4.69, 9.17) is 30.5 Å². The van der Waals surface area contributed by atoms with Crippen LogP contribution in [0.1, 0.15) is 61.6 Å². The van der Waals surface area contributed by atoms with Crippen molar-refractivity contribution in [3.05, 3.63) is 45.9 Å². The molecule has 0 aliphatic carbocycles. The molecule has 212 valence electrons. The molecule has 2 N–H and O–H groups in total. The number of pyridine rings is 1. The Morgan fingerprint density at radius 3 is 2.67 bits per heavy atom. The Balaban J connectivity index is 1.57. The molecule has 2 aliphatic rings. The maximum absolute atomic E-state index is 16.0. The molecule has 2 amide bonds. The predicted octanol–water partition coefficient (Wildman–Crippen LogP) is 4.70. The van der Waals surface area contributed by atoms with Crippen molar-refractivity contribution >= 4 is 29.4 Å². The zero-order valence-corrected chi connectivity index (χ0v) is 23.6. The van der Waals surface area contributed by atoms with E-state index >= 15 is 4.39 Å². The molecule has 0 saturated carbocycles. The lowest BCUT2D eigenvalue weighted by molar-refractivity contribution is 0.0317. The molecule has 1 fully saturated rings. The van der Waals surface area contributed by atoms with Gasteiger partial charge in [0.2, 0.25) is 0 Å². The third-order valence-corrected chi connectivity index (χ3v) is 6.98. The maximum Gasteiger partial charge on any atom is 0.408 e. The first-order valence-electron chi connectivity index (χ1n) is 12.7.